The summed E-state index contributed by atoms with van der Waals surface area (Å²) in [5.41, 5.74) is 17.8. The molecule has 1 saturated heterocycles. The topological polar surface area (TPSA) is 164 Å². The molecule has 0 saturated carbocycles. The number of aryl methyl sites for hydroxylation is 3. The second-order valence-corrected chi connectivity index (χ2v) is 20.5. The summed E-state index contributed by atoms with van der Waals surface area (Å²) in [6.07, 6.45) is 16.3. The van der Waals surface area contributed by atoms with Crippen molar-refractivity contribution in [1.29, 1.82) is 0 Å². The Morgan fingerprint density at radius 2 is 1.70 bits per heavy atom. The van der Waals surface area contributed by atoms with Crippen molar-refractivity contribution in [2.75, 3.05) is 33.4 Å². The molecule has 1 aliphatic carbocycles. The normalized spacial score (nSPS) is 22.6. The third kappa shape index (κ3) is 10.8. The van der Waals surface area contributed by atoms with Crippen LogP contribution in [0.1, 0.15) is 102 Å². The van der Waals surface area contributed by atoms with E-state index in [-0.39, 0.29) is 35.4 Å². The second-order valence-electron chi connectivity index (χ2n) is 20.5. The van der Waals surface area contributed by atoms with E-state index in [1.54, 1.807) is 24.3 Å². The van der Waals surface area contributed by atoms with Crippen LogP contribution in [0.5, 0.6) is 23.0 Å². The van der Waals surface area contributed by atoms with Crippen molar-refractivity contribution in [2.45, 2.75) is 114 Å². The SMILES string of the molecule is CNCC1=CC2=C(NC1N)n1cc3cc(C45CCOCC4CCc4ccccc45)cc(c3c1)COc1cc(ccc1O)CCC(O)CC(CCCCCCc1ccc(O)c(Cc3cccc(O)c3)c1)OC2. The largest absolute Gasteiger partial charge is 0.508 e. The van der Waals surface area contributed by atoms with Crippen molar-refractivity contribution in [1.82, 2.24) is 15.2 Å². The Hall–Kier alpha value is -6.08. The number of aliphatic hydroxyl groups is 1. The number of dihydropyridines is 1. The molecule has 4 heterocycles. The molecular weight excluding hydrogens is 889 g/mol. The molecule has 8 N–H and O–H groups in total. The van der Waals surface area contributed by atoms with E-state index in [1.165, 1.54) is 22.3 Å². The van der Waals surface area contributed by atoms with Crippen molar-refractivity contribution in [3.8, 4) is 23.0 Å². The third-order valence-electron chi connectivity index (χ3n) is 15.6. The van der Waals surface area contributed by atoms with Gasteiger partial charge in [0.1, 0.15) is 23.9 Å². The van der Waals surface area contributed by atoms with Gasteiger partial charge in [-0.2, -0.15) is 0 Å². The van der Waals surface area contributed by atoms with E-state index in [0.717, 1.165) is 114 Å². The summed E-state index contributed by atoms with van der Waals surface area (Å²) < 4.78 is 21.9. The van der Waals surface area contributed by atoms with Gasteiger partial charge in [0.05, 0.1) is 31.6 Å². The zero-order valence-electron chi connectivity index (χ0n) is 41.0. The van der Waals surface area contributed by atoms with Gasteiger partial charge in [0, 0.05) is 53.7 Å². The number of nitrogens with two attached hydrogens (primary N) is 1. The average molecular weight is 959 g/mol. The molecule has 4 bridgehead atoms. The van der Waals surface area contributed by atoms with E-state index in [4.69, 9.17) is 19.9 Å². The molecule has 5 unspecified atom stereocenters. The molecule has 4 aliphatic rings. The number of aromatic hydroxyl groups is 3. The number of phenols is 3. The fraction of sp³-hybridized carbons (Fsp3) is 0.400. The lowest BCUT2D eigenvalue weighted by Gasteiger charge is -2.49. The highest BCUT2D eigenvalue weighted by Gasteiger charge is 2.47. The second kappa shape index (κ2) is 21.7. The zero-order chi connectivity index (χ0) is 48.9. The van der Waals surface area contributed by atoms with Crippen LogP contribution in [0.15, 0.2) is 127 Å². The first-order valence-corrected chi connectivity index (χ1v) is 25.9. The van der Waals surface area contributed by atoms with E-state index in [9.17, 15) is 20.4 Å². The summed E-state index contributed by atoms with van der Waals surface area (Å²) in [6, 6.07) is 32.3. The maximum Gasteiger partial charge on any atom is 0.161 e. The number of aliphatic hydroxyl groups excluding tert-OH is 1. The van der Waals surface area contributed by atoms with Gasteiger partial charge in [-0.05, 0) is 163 Å². The minimum atomic E-state index is -0.594. The minimum absolute atomic E-state index is 0.0866. The number of phenolic OH excluding ortho intramolecular Hbond substituents is 3. The molecule has 1 fully saturated rings. The number of hydrogen-bond acceptors (Lipinski definition) is 10. The van der Waals surface area contributed by atoms with E-state index in [2.05, 4.69) is 76.1 Å². The summed E-state index contributed by atoms with van der Waals surface area (Å²) in [4.78, 5) is 0. The van der Waals surface area contributed by atoms with E-state index >= 15 is 0 Å². The van der Waals surface area contributed by atoms with Crippen LogP contribution < -0.4 is 21.1 Å². The Morgan fingerprint density at radius 1 is 0.831 bits per heavy atom. The number of aromatic nitrogens is 1. The molecule has 11 heteroatoms. The number of likely N-dealkylation sites (N-methyl/N-ethyl adjacent to an activating group) is 1. The van der Waals surface area contributed by atoms with Gasteiger partial charge in [0.2, 0.25) is 0 Å². The lowest BCUT2D eigenvalue weighted by molar-refractivity contribution is 0.00498. The van der Waals surface area contributed by atoms with Crippen molar-refractivity contribution in [3.05, 3.63) is 171 Å². The van der Waals surface area contributed by atoms with Crippen LogP contribution in [0.25, 0.3) is 16.6 Å². The predicted molar refractivity (Wildman–Crippen MR) is 280 cm³/mol. The van der Waals surface area contributed by atoms with Crippen molar-refractivity contribution in [3.63, 3.8) is 0 Å². The van der Waals surface area contributed by atoms with Crippen LogP contribution in [0.2, 0.25) is 0 Å². The van der Waals surface area contributed by atoms with Gasteiger partial charge in [-0.1, -0.05) is 79.9 Å². The number of benzene rings is 5. The molecule has 3 aliphatic heterocycles. The fourth-order valence-electron chi connectivity index (χ4n) is 11.9. The van der Waals surface area contributed by atoms with Gasteiger partial charge in [0.25, 0.3) is 0 Å². The molecule has 5 aromatic carbocycles. The van der Waals surface area contributed by atoms with Crippen LogP contribution in [-0.4, -0.2) is 76.8 Å². The smallest absolute Gasteiger partial charge is 0.161 e. The summed E-state index contributed by atoms with van der Waals surface area (Å²) in [5, 5.41) is 52.4. The monoisotopic (exact) mass is 959 g/mol. The minimum Gasteiger partial charge on any atom is -0.508 e. The van der Waals surface area contributed by atoms with Gasteiger partial charge in [-0.3, -0.25) is 0 Å². The van der Waals surface area contributed by atoms with Crippen molar-refractivity contribution in [2.24, 2.45) is 11.7 Å². The number of ether oxygens (including phenoxy) is 3. The fourth-order valence-corrected chi connectivity index (χ4v) is 11.9. The first-order valence-electron chi connectivity index (χ1n) is 25.9. The molecule has 6 aromatic rings. The Bertz CT molecular complexity index is 2910. The molecule has 1 aromatic heterocycles. The molecule has 5 atom stereocenters. The predicted octanol–water partition coefficient (Wildman–Crippen LogP) is 9.67. The number of unbranched alkanes of at least 4 members (excludes halogenated alkanes) is 3. The zero-order valence-corrected chi connectivity index (χ0v) is 41.0. The Morgan fingerprint density at radius 3 is 2.59 bits per heavy atom. The maximum atomic E-state index is 11.6. The van der Waals surface area contributed by atoms with Crippen LogP contribution in [0.3, 0.4) is 0 Å². The van der Waals surface area contributed by atoms with Gasteiger partial charge >= 0.3 is 0 Å². The van der Waals surface area contributed by atoms with Crippen molar-refractivity contribution < 1.29 is 34.6 Å². The van der Waals surface area contributed by atoms with Gasteiger partial charge in [0.15, 0.2) is 11.5 Å². The highest BCUT2D eigenvalue weighted by molar-refractivity contribution is 5.88. The maximum absolute atomic E-state index is 11.6. The van der Waals surface area contributed by atoms with E-state index < -0.39 is 12.3 Å². The average Bonchev–Trinajstić information content (AvgIpc) is 3.82. The molecule has 0 amide bonds. The number of fused-ring (bicyclic) bond motifs is 7. The van der Waals surface area contributed by atoms with Crippen LogP contribution in [-0.2, 0) is 47.2 Å². The lowest BCUT2D eigenvalue weighted by Crippen LogP contribution is -2.47. The Balaban J connectivity index is 0.935. The summed E-state index contributed by atoms with van der Waals surface area (Å²) in [6.45, 7) is 2.63. The highest BCUT2D eigenvalue weighted by atomic mass is 16.5. The van der Waals surface area contributed by atoms with Gasteiger partial charge < -0.3 is 55.6 Å². The number of hydrogen-bond donors (Lipinski definition) is 7. The van der Waals surface area contributed by atoms with Gasteiger partial charge in [-0.25, -0.2) is 0 Å². The summed E-state index contributed by atoms with van der Waals surface area (Å²) >= 11 is 0. The molecule has 71 heavy (non-hydrogen) atoms. The number of nitrogens with one attached hydrogen (secondary N) is 2. The molecule has 0 radical (unpaired) electrons. The molecule has 11 nitrogen and oxygen atoms in total. The van der Waals surface area contributed by atoms with Crippen LogP contribution in [0, 0.1) is 5.92 Å². The number of nitrogens with zero attached hydrogens (tertiary/aromatic N) is 1. The summed E-state index contributed by atoms with van der Waals surface area (Å²) in [7, 11) is 1.93. The molecule has 372 valence electrons. The summed E-state index contributed by atoms with van der Waals surface area (Å²) in [5.74, 6) is 2.19. The van der Waals surface area contributed by atoms with Crippen LogP contribution in [0.4, 0.5) is 0 Å². The highest BCUT2D eigenvalue weighted by Crippen LogP contribution is 2.52. The third-order valence-corrected chi connectivity index (χ3v) is 15.6. The first-order chi connectivity index (χ1) is 34.6. The molecule has 10 rings (SSSR count). The Kier molecular flexibility index (Phi) is 14.9. The first kappa shape index (κ1) is 48.5. The lowest BCUT2D eigenvalue weighted by atomic mass is 9.57. The quantitative estimate of drug-likeness (QED) is 0.0588. The van der Waals surface area contributed by atoms with Crippen molar-refractivity contribution >= 4 is 16.6 Å². The Labute approximate surface area is 418 Å². The van der Waals surface area contributed by atoms with E-state index in [1.807, 2.05) is 37.4 Å². The standard InChI is InChI=1S/C60H70N4O7/c1-62-33-44-29-47-37-70-52(13-5-3-2-4-9-39-16-21-55(67)43(25-39)26-41-10-8-12-50(65)27-41)32-51(66)20-15-40-17-22-56(68)57(28-40)71-36-46-31-49(30-45-34-64(35-53(45)46)59(47)63-58(44)61)60-23-24-69-38-48(60)19-18-42-11-6-7-14-54(42)60/h6-8,10-12,14,16-17,21-22,25,27-31,34-35,48,51-52,58,62-63,65-68H,2-5,9,13,15,18-20,23-24,26,32-33,36-38,61H2,1H3. The van der Waals surface area contributed by atoms with Crippen LogP contribution >= 0.6 is 0 Å². The molecule has 0 spiro atoms. The van der Waals surface area contributed by atoms with Gasteiger partial charge in [-0.15, -0.1) is 0 Å². The van der Waals surface area contributed by atoms with E-state index in [0.29, 0.717) is 57.1 Å². The number of rotatable bonds is 12. The molecular formula is C60H70N4O7.